The standard InChI is InChI=1S/4C7H12O2.Hf/c4*1-3-4-7(9)5-6(2)8;/h4*5,8H,3-4H2,1-2H3;/b4*6-5-;. The third-order valence-electron chi connectivity index (χ3n) is 3.47. The van der Waals surface area contributed by atoms with Crippen LogP contribution in [-0.4, -0.2) is 43.6 Å². The molecule has 0 spiro atoms. The van der Waals surface area contributed by atoms with Crippen molar-refractivity contribution in [2.24, 2.45) is 0 Å². The minimum Gasteiger partial charge on any atom is -0.512 e. The SMILES string of the molecule is CCCC(=O)/C=C(/C)O.CCCC(=O)/C=C(/C)O.CCCC(=O)/C=C(/C)O.CCCC(=O)/C=C(/C)O.[Hf]. The van der Waals surface area contributed by atoms with Crippen LogP contribution in [0.1, 0.15) is 107 Å². The Kier molecular flexibility index (Phi) is 38.3. The van der Waals surface area contributed by atoms with Crippen LogP contribution in [0.15, 0.2) is 47.3 Å². The van der Waals surface area contributed by atoms with Crippen molar-refractivity contribution in [3.05, 3.63) is 47.3 Å². The molecule has 0 saturated heterocycles. The van der Waals surface area contributed by atoms with E-state index in [2.05, 4.69) is 0 Å². The number of aliphatic hydroxyl groups excluding tert-OH is 4. The molecule has 0 aromatic rings. The number of ketones is 4. The number of allylic oxidation sites excluding steroid dienone is 8. The van der Waals surface area contributed by atoms with Gasteiger partial charge in [0.1, 0.15) is 0 Å². The van der Waals surface area contributed by atoms with Crippen molar-refractivity contribution in [2.75, 3.05) is 0 Å². The van der Waals surface area contributed by atoms with Crippen LogP contribution in [0.4, 0.5) is 0 Å². The summed E-state index contributed by atoms with van der Waals surface area (Å²) >= 11 is 0. The summed E-state index contributed by atoms with van der Waals surface area (Å²) in [5, 5.41) is 34.4. The van der Waals surface area contributed by atoms with Gasteiger partial charge in [-0.15, -0.1) is 0 Å². The summed E-state index contributed by atoms with van der Waals surface area (Å²) in [4.78, 5) is 42.5. The minimum atomic E-state index is -0.00231. The molecule has 8 nitrogen and oxygen atoms in total. The molecule has 0 heterocycles. The number of carbonyl (C=O) groups excluding carboxylic acids is 4. The molecule has 0 aliphatic carbocycles. The van der Waals surface area contributed by atoms with Crippen LogP contribution in [0, 0.1) is 0 Å². The molecule has 4 N–H and O–H groups in total. The van der Waals surface area contributed by atoms with E-state index in [1.807, 2.05) is 27.7 Å². The number of hydrogen-bond acceptors (Lipinski definition) is 8. The van der Waals surface area contributed by atoms with E-state index in [1.165, 1.54) is 52.0 Å². The van der Waals surface area contributed by atoms with Gasteiger partial charge in [-0.1, -0.05) is 27.7 Å². The Bertz CT molecular complexity index is 618. The van der Waals surface area contributed by atoms with Gasteiger partial charge in [0.25, 0.3) is 0 Å². The monoisotopic (exact) mass is 692 g/mol. The molecule has 0 atom stereocenters. The predicted octanol–water partition coefficient (Wildman–Crippen LogP) is 7.27. The maximum atomic E-state index is 10.6. The summed E-state index contributed by atoms with van der Waals surface area (Å²) < 4.78 is 0. The average Bonchev–Trinajstić information content (AvgIpc) is 2.68. The van der Waals surface area contributed by atoms with Crippen LogP contribution >= 0.6 is 0 Å². The fourth-order valence-electron chi connectivity index (χ4n) is 2.21. The molecule has 0 fully saturated rings. The Morgan fingerprint density at radius 2 is 0.568 bits per heavy atom. The van der Waals surface area contributed by atoms with E-state index in [-0.39, 0.29) is 72.0 Å². The molecule has 0 saturated carbocycles. The molecule has 37 heavy (non-hydrogen) atoms. The van der Waals surface area contributed by atoms with Gasteiger partial charge in [0.05, 0.1) is 23.0 Å². The van der Waals surface area contributed by atoms with Crippen molar-refractivity contribution in [3.63, 3.8) is 0 Å². The van der Waals surface area contributed by atoms with Gasteiger partial charge < -0.3 is 20.4 Å². The second-order valence-corrected chi connectivity index (χ2v) is 8.01. The van der Waals surface area contributed by atoms with Gasteiger partial charge >= 0.3 is 0 Å². The van der Waals surface area contributed by atoms with Crippen LogP contribution in [0.25, 0.3) is 0 Å². The molecule has 0 aromatic heterocycles. The summed E-state index contributed by atoms with van der Waals surface area (Å²) in [7, 11) is 0. The fraction of sp³-hybridized carbons (Fsp3) is 0.571. The molecule has 212 valence electrons. The van der Waals surface area contributed by atoms with Crippen LogP contribution in [0.2, 0.25) is 0 Å². The molecule has 0 rings (SSSR count). The molecule has 0 amide bonds. The summed E-state index contributed by atoms with van der Waals surface area (Å²) in [6.07, 6.45) is 10.5. The molecular weight excluding hydrogens is 643 g/mol. The van der Waals surface area contributed by atoms with E-state index in [0.29, 0.717) is 25.7 Å². The Labute approximate surface area is 242 Å². The Morgan fingerprint density at radius 3 is 0.649 bits per heavy atom. The van der Waals surface area contributed by atoms with Crippen molar-refractivity contribution in [2.45, 2.75) is 107 Å². The van der Waals surface area contributed by atoms with Crippen molar-refractivity contribution in [1.29, 1.82) is 0 Å². The van der Waals surface area contributed by atoms with Gasteiger partial charge in [0, 0.05) is 75.8 Å². The number of hydrogen-bond donors (Lipinski definition) is 4. The van der Waals surface area contributed by atoms with Gasteiger partial charge in [0.2, 0.25) is 0 Å². The van der Waals surface area contributed by atoms with E-state index in [1.54, 1.807) is 0 Å². The average molecular weight is 691 g/mol. The van der Waals surface area contributed by atoms with Crippen molar-refractivity contribution in [3.8, 4) is 0 Å². The number of carbonyl (C=O) groups is 4. The largest absolute Gasteiger partial charge is 0.512 e. The summed E-state index contributed by atoms with van der Waals surface area (Å²) in [6.45, 7) is 13.7. The first kappa shape index (κ1) is 44.7. The fourth-order valence-corrected chi connectivity index (χ4v) is 2.21. The molecule has 0 aliphatic rings. The zero-order chi connectivity index (χ0) is 29.1. The van der Waals surface area contributed by atoms with E-state index in [9.17, 15) is 19.2 Å². The topological polar surface area (TPSA) is 149 Å². The molecule has 9 heteroatoms. The van der Waals surface area contributed by atoms with Gasteiger partial charge in [-0.05, 0) is 53.4 Å². The summed E-state index contributed by atoms with van der Waals surface area (Å²) in [5.41, 5.74) is 0. The van der Waals surface area contributed by atoms with Crippen LogP contribution in [0.3, 0.4) is 0 Å². The molecule has 0 unspecified atom stereocenters. The number of aliphatic hydroxyl groups is 4. The van der Waals surface area contributed by atoms with Crippen LogP contribution in [0.5, 0.6) is 0 Å². The van der Waals surface area contributed by atoms with Gasteiger partial charge in [0.15, 0.2) is 23.1 Å². The van der Waals surface area contributed by atoms with Crippen molar-refractivity contribution < 1.29 is 65.4 Å². The van der Waals surface area contributed by atoms with E-state index in [0.717, 1.165) is 25.7 Å². The third kappa shape index (κ3) is 51.3. The molecule has 0 aromatic carbocycles. The smallest absolute Gasteiger partial charge is 0.158 e. The number of rotatable bonds is 12. The molecule has 0 radical (unpaired) electrons. The van der Waals surface area contributed by atoms with Gasteiger partial charge in [-0.2, -0.15) is 0 Å². The minimum absolute atomic E-state index is 0. The van der Waals surface area contributed by atoms with Crippen LogP contribution in [-0.2, 0) is 45.0 Å². The zero-order valence-corrected chi connectivity index (χ0v) is 27.5. The van der Waals surface area contributed by atoms with Gasteiger partial charge in [-0.25, -0.2) is 0 Å². The Morgan fingerprint density at radius 1 is 0.432 bits per heavy atom. The van der Waals surface area contributed by atoms with Crippen LogP contribution < -0.4 is 0 Å². The molecule has 0 bridgehead atoms. The van der Waals surface area contributed by atoms with E-state index < -0.39 is 0 Å². The Hall–Kier alpha value is -2.29. The normalized spacial score (nSPS) is 11.2. The van der Waals surface area contributed by atoms with E-state index >= 15 is 0 Å². The van der Waals surface area contributed by atoms with E-state index in [4.69, 9.17) is 20.4 Å². The van der Waals surface area contributed by atoms with Gasteiger partial charge in [-0.3, -0.25) is 19.2 Å². The first-order valence-electron chi connectivity index (χ1n) is 12.3. The van der Waals surface area contributed by atoms with Crippen molar-refractivity contribution >= 4 is 23.1 Å². The maximum absolute atomic E-state index is 10.6. The molecule has 0 aliphatic heterocycles. The first-order valence-corrected chi connectivity index (χ1v) is 12.3. The summed E-state index contributed by atoms with van der Waals surface area (Å²) in [5.74, 6) is 0.355. The predicted molar refractivity (Wildman–Crippen MR) is 145 cm³/mol. The van der Waals surface area contributed by atoms with Crippen molar-refractivity contribution in [1.82, 2.24) is 0 Å². The second-order valence-electron chi connectivity index (χ2n) is 8.01. The first-order chi connectivity index (χ1) is 16.7. The molecular formula is C28H48HfO8. The quantitative estimate of drug-likeness (QED) is 0.0949. The third-order valence-corrected chi connectivity index (χ3v) is 3.47. The zero-order valence-electron chi connectivity index (χ0n) is 23.9. The maximum Gasteiger partial charge on any atom is 0.158 e. The Balaban J connectivity index is -0.000000122. The summed E-state index contributed by atoms with van der Waals surface area (Å²) in [6, 6.07) is 0. The second kappa shape index (κ2) is 31.7.